The van der Waals surface area contributed by atoms with E-state index >= 15 is 0 Å². The molecule has 7 nitrogen and oxygen atoms in total. The molecule has 2 aromatic carbocycles. The molecule has 0 radical (unpaired) electrons. The van der Waals surface area contributed by atoms with Gasteiger partial charge in [0.05, 0.1) is 27.0 Å². The molecule has 3 rings (SSSR count). The van der Waals surface area contributed by atoms with Crippen molar-refractivity contribution >= 4 is 39.5 Å². The lowest BCUT2D eigenvalue weighted by molar-refractivity contribution is -0.120. The van der Waals surface area contributed by atoms with Gasteiger partial charge in [0.2, 0.25) is 0 Å². The number of hydrogen-bond donors (Lipinski definition) is 2. The second-order valence-electron chi connectivity index (χ2n) is 5.73. The second-order valence-corrected chi connectivity index (χ2v) is 6.64. The highest BCUT2D eigenvalue weighted by atomic mass is 32.1. The molecule has 144 valence electrons. The van der Waals surface area contributed by atoms with E-state index < -0.39 is 11.8 Å². The minimum atomic E-state index is -0.426. The number of fused-ring (bicyclic) bond motifs is 1. The van der Waals surface area contributed by atoms with Crippen LogP contribution in [0.4, 0.5) is 0 Å². The van der Waals surface area contributed by atoms with E-state index in [2.05, 4.69) is 15.8 Å². The summed E-state index contributed by atoms with van der Waals surface area (Å²) in [4.78, 5) is 24.1. The summed E-state index contributed by atoms with van der Waals surface area (Å²) >= 11 is 1.61. The predicted molar refractivity (Wildman–Crippen MR) is 109 cm³/mol. The average molecular weight is 397 g/mol. The highest BCUT2D eigenvalue weighted by Gasteiger charge is 2.11. The van der Waals surface area contributed by atoms with Crippen molar-refractivity contribution in [2.75, 3.05) is 20.8 Å². The van der Waals surface area contributed by atoms with Crippen molar-refractivity contribution in [3.05, 3.63) is 59.0 Å². The minimum absolute atomic E-state index is 0.200. The Bertz CT molecular complexity index is 1030. The molecule has 0 fully saturated rings. The number of carbonyl (C=O) groups excluding carboxylic acids is 2. The number of nitrogens with zero attached hydrogens (tertiary/aromatic N) is 1. The maximum absolute atomic E-state index is 12.2. The van der Waals surface area contributed by atoms with Gasteiger partial charge in [-0.3, -0.25) is 9.59 Å². The molecule has 0 bridgehead atoms. The van der Waals surface area contributed by atoms with Crippen LogP contribution in [0.2, 0.25) is 0 Å². The second kappa shape index (κ2) is 9.01. The molecule has 1 aromatic heterocycles. The van der Waals surface area contributed by atoms with E-state index in [9.17, 15) is 9.59 Å². The molecule has 1 heterocycles. The number of hydrazone groups is 1. The Morgan fingerprint density at radius 2 is 1.89 bits per heavy atom. The van der Waals surface area contributed by atoms with Crippen molar-refractivity contribution in [3.8, 4) is 11.5 Å². The molecular weight excluding hydrogens is 378 g/mol. The number of benzene rings is 2. The van der Waals surface area contributed by atoms with Crippen LogP contribution < -0.4 is 20.2 Å². The number of nitrogens with one attached hydrogen (secondary N) is 2. The predicted octanol–water partition coefficient (Wildman–Crippen LogP) is 2.80. The third-order valence-electron chi connectivity index (χ3n) is 3.96. The Labute approximate surface area is 166 Å². The first-order valence-electron chi connectivity index (χ1n) is 8.40. The van der Waals surface area contributed by atoms with Crippen molar-refractivity contribution in [2.24, 2.45) is 5.10 Å². The zero-order valence-electron chi connectivity index (χ0n) is 15.4. The summed E-state index contributed by atoms with van der Waals surface area (Å²) in [7, 11) is 3.00. The monoisotopic (exact) mass is 397 g/mol. The molecule has 0 spiro atoms. The third-order valence-corrected chi connectivity index (χ3v) is 4.94. The summed E-state index contributed by atoms with van der Waals surface area (Å²) in [5.41, 5.74) is 3.70. The molecular formula is C20H19N3O4S. The first-order valence-corrected chi connectivity index (χ1v) is 9.28. The van der Waals surface area contributed by atoms with Crippen molar-refractivity contribution < 1.29 is 19.1 Å². The van der Waals surface area contributed by atoms with E-state index in [1.54, 1.807) is 35.8 Å². The molecule has 0 aliphatic rings. The van der Waals surface area contributed by atoms with Crippen LogP contribution in [0.15, 0.2) is 52.9 Å². The highest BCUT2D eigenvalue weighted by Crippen LogP contribution is 2.27. The molecule has 0 unspecified atom stereocenters. The number of amides is 2. The van der Waals surface area contributed by atoms with Gasteiger partial charge in [-0.2, -0.15) is 5.10 Å². The van der Waals surface area contributed by atoms with E-state index in [0.717, 1.165) is 15.6 Å². The highest BCUT2D eigenvalue weighted by molar-refractivity contribution is 7.17. The molecule has 28 heavy (non-hydrogen) atoms. The quantitative estimate of drug-likeness (QED) is 0.474. The largest absolute Gasteiger partial charge is 0.493 e. The SMILES string of the molecule is COc1ccc(C(=O)NCC(=O)NN=Cc2csc3ccccc23)cc1OC. The summed E-state index contributed by atoms with van der Waals surface area (Å²) in [6.07, 6.45) is 1.59. The van der Waals surface area contributed by atoms with Crippen LogP contribution in [0.1, 0.15) is 15.9 Å². The van der Waals surface area contributed by atoms with E-state index in [4.69, 9.17) is 9.47 Å². The zero-order valence-corrected chi connectivity index (χ0v) is 16.2. The van der Waals surface area contributed by atoms with Crippen LogP contribution in [-0.2, 0) is 4.79 Å². The normalized spacial score (nSPS) is 10.8. The first kappa shape index (κ1) is 19.4. The molecule has 0 saturated carbocycles. The number of rotatable bonds is 7. The van der Waals surface area contributed by atoms with Gasteiger partial charge < -0.3 is 14.8 Å². The van der Waals surface area contributed by atoms with Gasteiger partial charge in [-0.25, -0.2) is 5.43 Å². The lowest BCUT2D eigenvalue weighted by Crippen LogP contribution is -2.34. The molecule has 2 amide bonds. The Morgan fingerprint density at radius 3 is 2.68 bits per heavy atom. The van der Waals surface area contributed by atoms with Crippen molar-refractivity contribution in [1.29, 1.82) is 0 Å². The van der Waals surface area contributed by atoms with Crippen molar-refractivity contribution in [1.82, 2.24) is 10.7 Å². The first-order chi connectivity index (χ1) is 13.6. The number of ether oxygens (including phenoxy) is 2. The fraction of sp³-hybridized carbons (Fsp3) is 0.150. The summed E-state index contributed by atoms with van der Waals surface area (Å²) in [6.45, 7) is -0.200. The Morgan fingerprint density at radius 1 is 1.11 bits per heavy atom. The molecule has 3 aromatic rings. The molecule has 8 heteroatoms. The fourth-order valence-corrected chi connectivity index (χ4v) is 3.46. The molecule has 0 saturated heterocycles. The smallest absolute Gasteiger partial charge is 0.259 e. The maximum Gasteiger partial charge on any atom is 0.259 e. The Hall–Kier alpha value is -3.39. The van der Waals surface area contributed by atoms with Crippen LogP contribution in [0.25, 0.3) is 10.1 Å². The van der Waals surface area contributed by atoms with Gasteiger partial charge in [0.1, 0.15) is 0 Å². The minimum Gasteiger partial charge on any atom is -0.493 e. The molecule has 0 aliphatic carbocycles. The van der Waals surface area contributed by atoms with Crippen LogP contribution in [0, 0.1) is 0 Å². The molecule has 0 aliphatic heterocycles. The summed E-state index contributed by atoms with van der Waals surface area (Å²) < 4.78 is 11.5. The van der Waals surface area contributed by atoms with E-state index in [1.165, 1.54) is 14.2 Å². The number of methoxy groups -OCH3 is 2. The lowest BCUT2D eigenvalue weighted by Gasteiger charge is -2.09. The van der Waals surface area contributed by atoms with E-state index in [-0.39, 0.29) is 6.54 Å². The fourth-order valence-electron chi connectivity index (χ4n) is 2.55. The summed E-state index contributed by atoms with van der Waals surface area (Å²) in [5, 5.41) is 9.55. The zero-order chi connectivity index (χ0) is 19.9. The van der Waals surface area contributed by atoms with Crippen LogP contribution in [0.5, 0.6) is 11.5 Å². The summed E-state index contributed by atoms with van der Waals surface area (Å²) in [6, 6.07) is 12.7. The number of hydrogen-bond acceptors (Lipinski definition) is 6. The van der Waals surface area contributed by atoms with Gasteiger partial charge in [-0.15, -0.1) is 11.3 Å². The van der Waals surface area contributed by atoms with E-state index in [0.29, 0.717) is 17.1 Å². The van der Waals surface area contributed by atoms with Crippen LogP contribution in [-0.4, -0.2) is 38.8 Å². The number of carbonyl (C=O) groups is 2. The molecule has 0 atom stereocenters. The third kappa shape index (κ3) is 4.47. The Kier molecular flexibility index (Phi) is 6.23. The molecule has 2 N–H and O–H groups in total. The van der Waals surface area contributed by atoms with Crippen molar-refractivity contribution in [3.63, 3.8) is 0 Å². The summed E-state index contributed by atoms with van der Waals surface area (Å²) in [5.74, 6) is 0.132. The number of thiophene rings is 1. The van der Waals surface area contributed by atoms with Gasteiger partial charge >= 0.3 is 0 Å². The van der Waals surface area contributed by atoms with Crippen LogP contribution in [0.3, 0.4) is 0 Å². The standard InChI is InChI=1S/C20H19N3O4S/c1-26-16-8-7-13(9-17(16)27-2)20(25)21-11-19(24)23-22-10-14-12-28-18-6-4-3-5-15(14)18/h3-10,12H,11H2,1-2H3,(H,21,25)(H,23,24). The average Bonchev–Trinajstić information content (AvgIpc) is 3.14. The van der Waals surface area contributed by atoms with Gasteiger partial charge in [0.15, 0.2) is 11.5 Å². The van der Waals surface area contributed by atoms with Crippen molar-refractivity contribution in [2.45, 2.75) is 0 Å². The van der Waals surface area contributed by atoms with Gasteiger partial charge in [0, 0.05) is 26.6 Å². The van der Waals surface area contributed by atoms with Gasteiger partial charge in [-0.1, -0.05) is 18.2 Å². The van der Waals surface area contributed by atoms with E-state index in [1.807, 2.05) is 29.6 Å². The van der Waals surface area contributed by atoms with Crippen LogP contribution >= 0.6 is 11.3 Å². The lowest BCUT2D eigenvalue weighted by atomic mass is 10.2. The maximum atomic E-state index is 12.2. The topological polar surface area (TPSA) is 89.0 Å². The van der Waals surface area contributed by atoms with Gasteiger partial charge in [0.25, 0.3) is 11.8 Å². The van der Waals surface area contributed by atoms with Gasteiger partial charge in [-0.05, 0) is 24.3 Å². The Balaban J connectivity index is 1.53.